The quantitative estimate of drug-likeness (QED) is 0.337. The Bertz CT molecular complexity index is 1130. The minimum Gasteiger partial charge on any atom is -0.340 e. The van der Waals surface area contributed by atoms with Gasteiger partial charge in [-0.15, -0.1) is 0 Å². The molecule has 36 heavy (non-hydrogen) atoms. The lowest BCUT2D eigenvalue weighted by Gasteiger charge is -2.33. The summed E-state index contributed by atoms with van der Waals surface area (Å²) in [5.74, 6) is -1.04. The van der Waals surface area contributed by atoms with E-state index in [1.165, 1.54) is 24.6 Å². The molecule has 0 aromatic heterocycles. The second kappa shape index (κ2) is 13.0. The lowest BCUT2D eigenvalue weighted by molar-refractivity contribution is 0.224. The molecule has 2 aliphatic heterocycles. The van der Waals surface area contributed by atoms with Gasteiger partial charge in [-0.3, -0.25) is 4.90 Å². The van der Waals surface area contributed by atoms with Gasteiger partial charge < -0.3 is 4.90 Å². The van der Waals surface area contributed by atoms with Crippen LogP contribution in [0.1, 0.15) is 50.7 Å². The van der Waals surface area contributed by atoms with Crippen molar-refractivity contribution in [2.75, 3.05) is 24.5 Å². The van der Waals surface area contributed by atoms with Gasteiger partial charge in [0.25, 0.3) is 6.43 Å². The Kier molecular flexibility index (Phi) is 10.1. The van der Waals surface area contributed by atoms with Gasteiger partial charge in [0.2, 0.25) is 0 Å². The number of piperidine rings is 1. The van der Waals surface area contributed by atoms with Crippen LogP contribution in [0.4, 0.5) is 23.2 Å². The molecule has 194 valence electrons. The minimum atomic E-state index is -2.69. The van der Waals surface area contributed by atoms with Crippen LogP contribution in [0.25, 0.3) is 0 Å². The fraction of sp³-hybridized carbons (Fsp3) is 0.407. The summed E-state index contributed by atoms with van der Waals surface area (Å²) >= 11 is 6.02. The SMILES string of the molecule is C=C(CN1CCCCC1)N(Cc1ccc(C2=NN=C(C(F)F)C2)cc1F)c1ccc(F)c(Cl)c1.CC. The van der Waals surface area contributed by atoms with E-state index in [0.717, 1.165) is 31.6 Å². The first-order valence-electron chi connectivity index (χ1n) is 12.1. The van der Waals surface area contributed by atoms with Crippen molar-refractivity contribution < 1.29 is 17.6 Å². The highest BCUT2D eigenvalue weighted by Crippen LogP contribution is 2.28. The Balaban J connectivity index is 0.00000176. The molecule has 1 saturated heterocycles. The molecule has 0 N–H and O–H groups in total. The van der Waals surface area contributed by atoms with E-state index in [-0.39, 0.29) is 23.7 Å². The number of likely N-dealkylation sites (tertiary alicyclic amines) is 1. The van der Waals surface area contributed by atoms with Crippen molar-refractivity contribution in [2.24, 2.45) is 10.2 Å². The Morgan fingerprint density at radius 3 is 2.36 bits per heavy atom. The van der Waals surface area contributed by atoms with E-state index in [4.69, 9.17) is 11.6 Å². The van der Waals surface area contributed by atoms with Crippen LogP contribution < -0.4 is 4.90 Å². The van der Waals surface area contributed by atoms with Gasteiger partial charge in [-0.1, -0.05) is 50.6 Å². The zero-order valence-electron chi connectivity index (χ0n) is 20.6. The van der Waals surface area contributed by atoms with E-state index < -0.39 is 18.1 Å². The van der Waals surface area contributed by atoms with E-state index in [9.17, 15) is 13.2 Å². The molecule has 1 fully saturated rings. The van der Waals surface area contributed by atoms with Gasteiger partial charge in [-0.25, -0.2) is 17.6 Å². The van der Waals surface area contributed by atoms with Crippen molar-refractivity contribution in [3.63, 3.8) is 0 Å². The number of anilines is 1. The van der Waals surface area contributed by atoms with Crippen molar-refractivity contribution in [1.29, 1.82) is 0 Å². The van der Waals surface area contributed by atoms with Crippen LogP contribution in [-0.2, 0) is 6.54 Å². The van der Waals surface area contributed by atoms with Crippen molar-refractivity contribution in [3.8, 4) is 0 Å². The van der Waals surface area contributed by atoms with Gasteiger partial charge >= 0.3 is 0 Å². The number of benzene rings is 2. The molecule has 0 unspecified atom stereocenters. The molecule has 0 saturated carbocycles. The van der Waals surface area contributed by atoms with Crippen molar-refractivity contribution in [2.45, 2.75) is 52.5 Å². The Labute approximate surface area is 215 Å². The third kappa shape index (κ3) is 6.95. The lowest BCUT2D eigenvalue weighted by Crippen LogP contribution is -2.36. The summed E-state index contributed by atoms with van der Waals surface area (Å²) in [7, 11) is 0. The van der Waals surface area contributed by atoms with E-state index >= 15 is 4.39 Å². The van der Waals surface area contributed by atoms with Crippen LogP contribution in [0.5, 0.6) is 0 Å². The molecule has 4 nitrogen and oxygen atoms in total. The van der Waals surface area contributed by atoms with Gasteiger partial charge in [0.05, 0.1) is 17.3 Å². The fourth-order valence-electron chi connectivity index (χ4n) is 4.17. The number of hydrogen-bond donors (Lipinski definition) is 0. The highest BCUT2D eigenvalue weighted by molar-refractivity contribution is 6.31. The first-order chi connectivity index (χ1) is 17.3. The van der Waals surface area contributed by atoms with Gasteiger partial charge in [0.1, 0.15) is 17.3 Å². The van der Waals surface area contributed by atoms with Crippen LogP contribution in [0.3, 0.4) is 0 Å². The topological polar surface area (TPSA) is 31.2 Å². The van der Waals surface area contributed by atoms with Crippen LogP contribution in [0, 0.1) is 11.6 Å². The van der Waals surface area contributed by atoms with Crippen LogP contribution >= 0.6 is 11.6 Å². The third-order valence-electron chi connectivity index (χ3n) is 6.07. The number of alkyl halides is 2. The van der Waals surface area contributed by atoms with E-state index in [1.807, 2.05) is 18.7 Å². The average Bonchev–Trinajstić information content (AvgIpc) is 3.38. The number of rotatable bonds is 8. The van der Waals surface area contributed by atoms with Crippen LogP contribution in [-0.4, -0.2) is 42.4 Å². The normalized spacial score (nSPS) is 15.8. The zero-order chi connectivity index (χ0) is 26.2. The third-order valence-corrected chi connectivity index (χ3v) is 6.36. The van der Waals surface area contributed by atoms with Crippen molar-refractivity contribution in [1.82, 2.24) is 4.90 Å². The Hall–Kier alpha value is -2.71. The molecular weight excluding hydrogens is 492 g/mol. The molecule has 4 rings (SSSR count). The van der Waals surface area contributed by atoms with E-state index in [2.05, 4.69) is 21.7 Å². The van der Waals surface area contributed by atoms with Gasteiger partial charge in [0.15, 0.2) is 0 Å². The van der Waals surface area contributed by atoms with E-state index in [0.29, 0.717) is 29.1 Å². The average molecular weight is 523 g/mol. The summed E-state index contributed by atoms with van der Waals surface area (Å²) < 4.78 is 54.6. The highest BCUT2D eigenvalue weighted by Gasteiger charge is 2.23. The molecule has 9 heteroatoms. The maximum absolute atomic E-state index is 15.1. The molecule has 2 heterocycles. The smallest absolute Gasteiger partial charge is 0.278 e. The summed E-state index contributed by atoms with van der Waals surface area (Å²) in [4.78, 5) is 4.12. The molecule has 2 aromatic carbocycles. The Morgan fingerprint density at radius 1 is 1.03 bits per heavy atom. The van der Waals surface area contributed by atoms with Gasteiger partial charge in [-0.05, 0) is 50.2 Å². The first kappa shape index (κ1) is 27.9. The molecule has 0 atom stereocenters. The second-order valence-electron chi connectivity index (χ2n) is 8.51. The van der Waals surface area contributed by atoms with Crippen molar-refractivity contribution >= 4 is 28.7 Å². The molecule has 0 radical (unpaired) electrons. The van der Waals surface area contributed by atoms with Gasteiger partial charge in [-0.2, -0.15) is 10.2 Å². The summed E-state index contributed by atoms with van der Waals surface area (Å²) in [6, 6.07) is 8.88. The maximum Gasteiger partial charge on any atom is 0.278 e. The summed E-state index contributed by atoms with van der Waals surface area (Å²) in [5, 5.41) is 7.24. The molecule has 2 aromatic rings. The van der Waals surface area contributed by atoms with Crippen LogP contribution in [0.2, 0.25) is 5.02 Å². The predicted octanol–water partition coefficient (Wildman–Crippen LogP) is 7.46. The first-order valence-corrected chi connectivity index (χ1v) is 12.5. The summed E-state index contributed by atoms with van der Waals surface area (Å²) in [6.45, 7) is 10.9. The summed E-state index contributed by atoms with van der Waals surface area (Å²) in [5.41, 5.74) is 2.10. The maximum atomic E-state index is 15.1. The lowest BCUT2D eigenvalue weighted by atomic mass is 10.0. The second-order valence-corrected chi connectivity index (χ2v) is 8.92. The molecule has 0 amide bonds. The monoisotopic (exact) mass is 522 g/mol. The molecular formula is C27H31ClF4N4. The predicted molar refractivity (Wildman–Crippen MR) is 139 cm³/mol. The molecule has 0 spiro atoms. The zero-order valence-corrected chi connectivity index (χ0v) is 21.3. The molecule has 0 aliphatic carbocycles. The summed E-state index contributed by atoms with van der Waals surface area (Å²) in [6.07, 6.45) is 0.641. The number of nitrogens with zero attached hydrogens (tertiary/aromatic N) is 4. The van der Waals surface area contributed by atoms with Gasteiger partial charge in [0, 0.05) is 35.5 Å². The minimum absolute atomic E-state index is 0.0295. The van der Waals surface area contributed by atoms with Crippen LogP contribution in [0.15, 0.2) is 58.9 Å². The molecule has 2 aliphatic rings. The molecule has 0 bridgehead atoms. The number of hydrogen-bond acceptors (Lipinski definition) is 4. The highest BCUT2D eigenvalue weighted by atomic mass is 35.5. The van der Waals surface area contributed by atoms with E-state index in [1.54, 1.807) is 18.2 Å². The fourth-order valence-corrected chi connectivity index (χ4v) is 4.35. The standard InChI is InChI=1S/C25H25ClF4N4.C2H6/c1-16(14-33-9-3-2-4-10-33)34(19-7-8-21(27)20(26)12-19)15-18-6-5-17(11-22(18)28)23-13-24(25(29)30)32-31-23;1-2/h5-8,11-12,25H,1-4,9-10,13-15H2;1-2H3. The Morgan fingerprint density at radius 2 is 1.75 bits per heavy atom. The van der Waals surface area contributed by atoms with Crippen molar-refractivity contribution in [3.05, 3.63) is 76.5 Å². The number of halogens is 5. The largest absolute Gasteiger partial charge is 0.340 e.